The number of thioether (sulfide) groups is 1. The summed E-state index contributed by atoms with van der Waals surface area (Å²) < 4.78 is 11.2. The Morgan fingerprint density at radius 3 is 2.31 bits per heavy atom. The molecule has 2 aliphatic heterocycles. The van der Waals surface area contributed by atoms with E-state index < -0.39 is 11.1 Å². The summed E-state index contributed by atoms with van der Waals surface area (Å²) in [4.78, 5) is 43.6. The quantitative estimate of drug-likeness (QED) is 0.515. The molecule has 184 valence electrons. The molecule has 3 amide bonds. The van der Waals surface area contributed by atoms with E-state index in [0.29, 0.717) is 56.5 Å². The van der Waals surface area contributed by atoms with Gasteiger partial charge in [0.2, 0.25) is 5.91 Å². The number of para-hydroxylation sites is 1. The van der Waals surface area contributed by atoms with E-state index in [1.54, 1.807) is 29.2 Å². The Morgan fingerprint density at radius 1 is 0.943 bits per heavy atom. The first-order chi connectivity index (χ1) is 17.0. The second kappa shape index (κ2) is 11.3. The highest BCUT2D eigenvalue weighted by Gasteiger charge is 2.37. The lowest BCUT2D eigenvalue weighted by atomic mass is 10.2. The van der Waals surface area contributed by atoms with Crippen LogP contribution in [0.4, 0.5) is 10.5 Å². The van der Waals surface area contributed by atoms with Crippen molar-refractivity contribution in [3.63, 3.8) is 0 Å². The zero-order valence-corrected chi connectivity index (χ0v) is 20.8. The molecule has 2 heterocycles. The number of piperazine rings is 1. The van der Waals surface area contributed by atoms with Crippen molar-refractivity contribution in [1.29, 1.82) is 0 Å². The molecular formula is C26H29N3O5S. The van der Waals surface area contributed by atoms with Gasteiger partial charge in [0.25, 0.3) is 11.1 Å². The molecule has 2 saturated heterocycles. The number of imide groups is 1. The van der Waals surface area contributed by atoms with Crippen LogP contribution in [0.25, 0.3) is 6.08 Å². The van der Waals surface area contributed by atoms with Crippen LogP contribution >= 0.6 is 11.8 Å². The Hall–Kier alpha value is -3.46. The Kier molecular flexibility index (Phi) is 7.97. The number of carbonyl (C=O) groups excluding carboxylic acids is 3. The van der Waals surface area contributed by atoms with Crippen molar-refractivity contribution in [1.82, 2.24) is 9.80 Å². The second-order valence-electron chi connectivity index (χ2n) is 8.04. The molecule has 2 aliphatic rings. The van der Waals surface area contributed by atoms with Crippen molar-refractivity contribution in [2.24, 2.45) is 0 Å². The van der Waals surface area contributed by atoms with E-state index in [9.17, 15) is 14.4 Å². The number of rotatable bonds is 8. The maximum absolute atomic E-state index is 12.9. The summed E-state index contributed by atoms with van der Waals surface area (Å²) in [6, 6.07) is 15.4. The molecular weight excluding hydrogens is 466 g/mol. The van der Waals surface area contributed by atoms with Crippen LogP contribution in [-0.4, -0.2) is 72.8 Å². The molecule has 9 heteroatoms. The Bertz CT molecular complexity index is 1110. The number of benzene rings is 2. The number of anilines is 1. The summed E-state index contributed by atoms with van der Waals surface area (Å²) in [6.07, 6.45) is 1.65. The van der Waals surface area contributed by atoms with Gasteiger partial charge in [-0.25, -0.2) is 0 Å². The van der Waals surface area contributed by atoms with Gasteiger partial charge in [-0.2, -0.15) is 0 Å². The van der Waals surface area contributed by atoms with Gasteiger partial charge in [0.05, 0.1) is 18.1 Å². The van der Waals surface area contributed by atoms with Crippen molar-refractivity contribution in [2.45, 2.75) is 13.8 Å². The molecule has 2 fully saturated rings. The number of carbonyl (C=O) groups is 3. The summed E-state index contributed by atoms with van der Waals surface area (Å²) in [7, 11) is 0. The molecule has 0 spiro atoms. The van der Waals surface area contributed by atoms with E-state index >= 15 is 0 Å². The largest absolute Gasteiger partial charge is 0.490 e. The van der Waals surface area contributed by atoms with E-state index in [1.807, 2.05) is 44.2 Å². The molecule has 2 aromatic carbocycles. The topological polar surface area (TPSA) is 79.4 Å². The smallest absolute Gasteiger partial charge is 0.294 e. The van der Waals surface area contributed by atoms with Gasteiger partial charge in [0.1, 0.15) is 6.54 Å². The fraction of sp³-hybridized carbons (Fsp3) is 0.346. The van der Waals surface area contributed by atoms with Crippen LogP contribution in [0.2, 0.25) is 0 Å². The third kappa shape index (κ3) is 5.79. The summed E-state index contributed by atoms with van der Waals surface area (Å²) in [5, 5.41) is -0.437. The average molecular weight is 496 g/mol. The first-order valence-corrected chi connectivity index (χ1v) is 12.5. The first kappa shape index (κ1) is 24.7. The molecule has 0 bridgehead atoms. The molecule has 0 aromatic heterocycles. The normalized spacial score (nSPS) is 17.3. The van der Waals surface area contributed by atoms with Gasteiger partial charge in [0.15, 0.2) is 11.5 Å². The van der Waals surface area contributed by atoms with Crippen LogP contribution in [0.5, 0.6) is 11.5 Å². The molecule has 4 rings (SSSR count). The van der Waals surface area contributed by atoms with Crippen molar-refractivity contribution < 1.29 is 23.9 Å². The zero-order chi connectivity index (χ0) is 24.8. The van der Waals surface area contributed by atoms with Crippen LogP contribution in [-0.2, 0) is 9.59 Å². The molecule has 0 aliphatic carbocycles. The summed E-state index contributed by atoms with van der Waals surface area (Å²) in [5.41, 5.74) is 1.84. The standard InChI is InChI=1S/C26H29N3O5S/c1-3-33-21-11-10-19(16-22(21)34-4-2)17-23-25(31)29(26(32)35-23)18-24(30)28-14-12-27(13-15-28)20-8-6-5-7-9-20/h5-11,16-17H,3-4,12-15,18H2,1-2H3/b23-17+. The fourth-order valence-corrected chi connectivity index (χ4v) is 4.87. The molecule has 0 saturated carbocycles. The Labute approximate surface area is 209 Å². The maximum Gasteiger partial charge on any atom is 0.294 e. The van der Waals surface area contributed by atoms with Crippen LogP contribution in [0.15, 0.2) is 53.4 Å². The van der Waals surface area contributed by atoms with Gasteiger partial charge < -0.3 is 19.3 Å². The number of amides is 3. The van der Waals surface area contributed by atoms with Crippen molar-refractivity contribution >= 4 is 40.6 Å². The van der Waals surface area contributed by atoms with Gasteiger partial charge in [-0.3, -0.25) is 19.3 Å². The first-order valence-electron chi connectivity index (χ1n) is 11.7. The van der Waals surface area contributed by atoms with Gasteiger partial charge in [0, 0.05) is 31.9 Å². The predicted octanol–water partition coefficient (Wildman–Crippen LogP) is 3.87. The van der Waals surface area contributed by atoms with Crippen molar-refractivity contribution in [3.05, 3.63) is 59.0 Å². The highest BCUT2D eigenvalue weighted by atomic mass is 32.2. The minimum absolute atomic E-state index is 0.221. The highest BCUT2D eigenvalue weighted by Crippen LogP contribution is 2.34. The van der Waals surface area contributed by atoms with Gasteiger partial charge in [-0.05, 0) is 61.5 Å². The third-order valence-electron chi connectivity index (χ3n) is 5.79. The Morgan fingerprint density at radius 2 is 1.63 bits per heavy atom. The van der Waals surface area contributed by atoms with Crippen LogP contribution < -0.4 is 14.4 Å². The maximum atomic E-state index is 12.9. The predicted molar refractivity (Wildman–Crippen MR) is 137 cm³/mol. The zero-order valence-electron chi connectivity index (χ0n) is 19.9. The third-order valence-corrected chi connectivity index (χ3v) is 6.69. The molecule has 0 atom stereocenters. The molecule has 0 unspecified atom stereocenters. The lowest BCUT2D eigenvalue weighted by molar-refractivity contribution is -0.136. The summed E-state index contributed by atoms with van der Waals surface area (Å²) in [6.45, 7) is 7.01. The second-order valence-corrected chi connectivity index (χ2v) is 9.04. The lowest BCUT2D eigenvalue weighted by Crippen LogP contribution is -2.51. The van der Waals surface area contributed by atoms with Crippen LogP contribution in [0.1, 0.15) is 19.4 Å². The van der Waals surface area contributed by atoms with Crippen molar-refractivity contribution in [2.75, 3.05) is 50.8 Å². The van der Waals surface area contributed by atoms with Crippen LogP contribution in [0, 0.1) is 0 Å². The Balaban J connectivity index is 1.39. The fourth-order valence-electron chi connectivity index (χ4n) is 4.03. The number of hydrogen-bond acceptors (Lipinski definition) is 7. The lowest BCUT2D eigenvalue weighted by Gasteiger charge is -2.36. The summed E-state index contributed by atoms with van der Waals surface area (Å²) in [5.74, 6) is 0.522. The van der Waals surface area contributed by atoms with E-state index in [0.717, 1.165) is 22.3 Å². The molecule has 0 N–H and O–H groups in total. The van der Waals surface area contributed by atoms with E-state index in [-0.39, 0.29) is 17.4 Å². The SMILES string of the molecule is CCOc1ccc(/C=C2/SC(=O)N(CC(=O)N3CCN(c4ccccc4)CC3)C2=O)cc1OCC. The highest BCUT2D eigenvalue weighted by molar-refractivity contribution is 8.18. The minimum atomic E-state index is -0.455. The van der Waals surface area contributed by atoms with Gasteiger partial charge >= 0.3 is 0 Å². The van der Waals surface area contributed by atoms with Crippen molar-refractivity contribution in [3.8, 4) is 11.5 Å². The molecule has 35 heavy (non-hydrogen) atoms. The van der Waals surface area contributed by atoms with E-state index in [1.165, 1.54) is 0 Å². The number of hydrogen-bond donors (Lipinski definition) is 0. The van der Waals surface area contributed by atoms with Gasteiger partial charge in [-0.15, -0.1) is 0 Å². The van der Waals surface area contributed by atoms with E-state index in [2.05, 4.69) is 4.90 Å². The molecule has 0 radical (unpaired) electrons. The monoisotopic (exact) mass is 495 g/mol. The average Bonchev–Trinajstić information content (AvgIpc) is 3.13. The van der Waals surface area contributed by atoms with Crippen LogP contribution in [0.3, 0.4) is 0 Å². The van der Waals surface area contributed by atoms with Gasteiger partial charge in [-0.1, -0.05) is 24.3 Å². The minimum Gasteiger partial charge on any atom is -0.490 e. The number of nitrogens with zero attached hydrogens (tertiary/aromatic N) is 3. The molecule has 8 nitrogen and oxygen atoms in total. The van der Waals surface area contributed by atoms with E-state index in [4.69, 9.17) is 9.47 Å². The number of ether oxygens (including phenoxy) is 2. The summed E-state index contributed by atoms with van der Waals surface area (Å²) >= 11 is 0.844. The molecule has 2 aromatic rings.